The Labute approximate surface area is 282 Å². The Morgan fingerprint density at radius 1 is 0.426 bits per heavy atom. The largest absolute Gasteiger partial charge is 0.490 e. The maximum Gasteiger partial charge on any atom is 0.131 e. The smallest absolute Gasteiger partial charge is 0.131 e. The van der Waals surface area contributed by atoms with Crippen LogP contribution < -0.4 is 9.47 Å². The van der Waals surface area contributed by atoms with Crippen molar-refractivity contribution in [3.8, 4) is 33.8 Å². The molecule has 1 saturated carbocycles. The summed E-state index contributed by atoms with van der Waals surface area (Å²) in [6, 6.07) is 34.1. The van der Waals surface area contributed by atoms with Crippen molar-refractivity contribution in [3.63, 3.8) is 0 Å². The highest BCUT2D eigenvalue weighted by atomic mass is 16.5. The first kappa shape index (κ1) is 34.7. The summed E-state index contributed by atoms with van der Waals surface area (Å²) in [4.78, 5) is 0. The van der Waals surface area contributed by atoms with Gasteiger partial charge in [0.2, 0.25) is 0 Å². The summed E-state index contributed by atoms with van der Waals surface area (Å²) in [5.41, 5.74) is 6.22. The van der Waals surface area contributed by atoms with E-state index < -0.39 is 5.41 Å². The maximum atomic E-state index is 9.99. The zero-order chi connectivity index (χ0) is 32.6. The first-order chi connectivity index (χ1) is 23.3. The predicted octanol–water partition coefficient (Wildman–Crippen LogP) is 10.5. The number of ether oxygens (including phenoxy) is 2. The van der Waals surface area contributed by atoms with E-state index in [0.29, 0.717) is 0 Å². The number of aliphatic hydroxyl groups excluding tert-OH is 2. The second-order valence-corrected chi connectivity index (χ2v) is 13.1. The molecule has 0 amide bonds. The van der Waals surface area contributed by atoms with Gasteiger partial charge in [0, 0.05) is 27.7 Å². The van der Waals surface area contributed by atoms with E-state index in [-0.39, 0.29) is 26.4 Å². The summed E-state index contributed by atoms with van der Waals surface area (Å²) in [5, 5.41) is 20.0. The maximum absolute atomic E-state index is 9.99. The number of rotatable bonds is 10. The van der Waals surface area contributed by atoms with E-state index in [4.69, 9.17) is 9.47 Å². The van der Waals surface area contributed by atoms with E-state index in [1.165, 1.54) is 64.2 Å². The van der Waals surface area contributed by atoms with Crippen LogP contribution in [0.15, 0.2) is 97.1 Å². The van der Waals surface area contributed by atoms with Crippen LogP contribution in [0.25, 0.3) is 22.3 Å². The van der Waals surface area contributed by atoms with Gasteiger partial charge in [0.05, 0.1) is 13.2 Å². The Morgan fingerprint density at radius 3 is 1.15 bits per heavy atom. The molecule has 0 saturated heterocycles. The summed E-state index contributed by atoms with van der Waals surface area (Å²) in [6.45, 7) is 0.351. The first-order valence-corrected chi connectivity index (χ1v) is 18.1. The molecule has 0 spiro atoms. The minimum Gasteiger partial charge on any atom is -0.490 e. The summed E-state index contributed by atoms with van der Waals surface area (Å²) < 4.78 is 13.2. The Kier molecular flexibility index (Phi) is 13.8. The predicted molar refractivity (Wildman–Crippen MR) is 194 cm³/mol. The van der Waals surface area contributed by atoms with Crippen LogP contribution in [0.4, 0.5) is 0 Å². The van der Waals surface area contributed by atoms with E-state index in [2.05, 4.69) is 84.9 Å². The van der Waals surface area contributed by atoms with Gasteiger partial charge < -0.3 is 19.7 Å². The monoisotopic (exact) mass is 634 g/mol. The molecule has 5 rings (SSSR count). The number of aliphatic hydroxyl groups is 2. The van der Waals surface area contributed by atoms with Crippen molar-refractivity contribution in [2.24, 2.45) is 0 Å². The minimum atomic E-state index is -0.397. The lowest BCUT2D eigenvalue weighted by Gasteiger charge is -2.39. The molecule has 250 valence electrons. The van der Waals surface area contributed by atoms with Gasteiger partial charge in [0.15, 0.2) is 0 Å². The molecule has 0 atom stereocenters. The molecule has 1 aliphatic rings. The molecule has 4 heteroatoms. The van der Waals surface area contributed by atoms with Gasteiger partial charge in [0.1, 0.15) is 24.7 Å². The molecule has 2 N–H and O–H groups in total. The molecule has 4 aromatic carbocycles. The second-order valence-electron chi connectivity index (χ2n) is 13.1. The molecular formula is C43H54O4. The van der Waals surface area contributed by atoms with Crippen LogP contribution in [0.3, 0.4) is 0 Å². The van der Waals surface area contributed by atoms with E-state index >= 15 is 0 Å². The van der Waals surface area contributed by atoms with Gasteiger partial charge in [-0.2, -0.15) is 0 Å². The van der Waals surface area contributed by atoms with Crippen molar-refractivity contribution in [3.05, 3.63) is 108 Å². The standard InChI is InChI=1S/C43H54O4/c44-31-33-46-41-37(35-21-13-11-14-22-35)25-19-27-39(41)43(29-17-9-7-5-3-1-2-4-6-8-10-18-30-43)40-28-20-26-38(42(40)47-34-32-45)36-23-15-12-16-24-36/h11-16,19-28,44-45H,1-10,17-18,29-34H2. The third-order valence-corrected chi connectivity index (χ3v) is 9.86. The molecule has 0 aromatic heterocycles. The lowest BCUT2D eigenvalue weighted by atomic mass is 9.66. The van der Waals surface area contributed by atoms with Crippen molar-refractivity contribution >= 4 is 0 Å². The lowest BCUT2D eigenvalue weighted by Crippen LogP contribution is -2.30. The molecule has 0 bridgehead atoms. The molecule has 1 fully saturated rings. The van der Waals surface area contributed by atoms with E-state index in [1.807, 2.05) is 12.1 Å². The van der Waals surface area contributed by atoms with Crippen LogP contribution >= 0.6 is 0 Å². The van der Waals surface area contributed by atoms with Crippen LogP contribution in [0.1, 0.15) is 101 Å². The molecule has 4 nitrogen and oxygen atoms in total. The van der Waals surface area contributed by atoms with Crippen LogP contribution in [0, 0.1) is 0 Å². The van der Waals surface area contributed by atoms with Crippen molar-refractivity contribution in [2.45, 2.75) is 95.3 Å². The van der Waals surface area contributed by atoms with Crippen LogP contribution in [0.2, 0.25) is 0 Å². The number of hydrogen-bond donors (Lipinski definition) is 2. The highest BCUT2D eigenvalue weighted by molar-refractivity contribution is 5.77. The van der Waals surface area contributed by atoms with Crippen LogP contribution in [-0.4, -0.2) is 36.6 Å². The zero-order valence-corrected chi connectivity index (χ0v) is 28.2. The first-order valence-electron chi connectivity index (χ1n) is 18.1. The minimum absolute atomic E-state index is 0.0517. The third kappa shape index (κ3) is 9.06. The quantitative estimate of drug-likeness (QED) is 0.182. The van der Waals surface area contributed by atoms with E-state index in [1.54, 1.807) is 0 Å². The summed E-state index contributed by atoms with van der Waals surface area (Å²) in [5.74, 6) is 1.70. The summed E-state index contributed by atoms with van der Waals surface area (Å²) >= 11 is 0. The van der Waals surface area contributed by atoms with Crippen molar-refractivity contribution < 1.29 is 19.7 Å². The fourth-order valence-corrected chi connectivity index (χ4v) is 7.55. The number of para-hydroxylation sites is 2. The second kappa shape index (κ2) is 18.7. The topological polar surface area (TPSA) is 58.9 Å². The van der Waals surface area contributed by atoms with Crippen molar-refractivity contribution in [1.82, 2.24) is 0 Å². The summed E-state index contributed by atoms with van der Waals surface area (Å²) in [6.07, 6.45) is 17.0. The van der Waals surface area contributed by atoms with Crippen LogP contribution in [0.5, 0.6) is 11.5 Å². The number of hydrogen-bond acceptors (Lipinski definition) is 4. The average Bonchev–Trinajstić information content (AvgIpc) is 3.13. The molecule has 0 unspecified atom stereocenters. The highest BCUT2D eigenvalue weighted by Crippen LogP contribution is 2.52. The molecule has 0 aliphatic heterocycles. The highest BCUT2D eigenvalue weighted by Gasteiger charge is 2.40. The SMILES string of the molecule is OCCOc1c(-c2ccccc2)cccc1C1(c2cccc(-c3ccccc3)c2OCCO)CCCCCCCCCCCCCC1. The van der Waals surface area contributed by atoms with Gasteiger partial charge in [-0.1, -0.05) is 174 Å². The molecule has 1 aliphatic carbocycles. The van der Waals surface area contributed by atoms with Gasteiger partial charge in [0.25, 0.3) is 0 Å². The Balaban J connectivity index is 1.75. The van der Waals surface area contributed by atoms with Gasteiger partial charge in [-0.25, -0.2) is 0 Å². The van der Waals surface area contributed by atoms with Gasteiger partial charge >= 0.3 is 0 Å². The third-order valence-electron chi connectivity index (χ3n) is 9.86. The van der Waals surface area contributed by atoms with Gasteiger partial charge in [-0.3, -0.25) is 0 Å². The fourth-order valence-electron chi connectivity index (χ4n) is 7.55. The fraction of sp³-hybridized carbons (Fsp3) is 0.442. The van der Waals surface area contributed by atoms with Crippen molar-refractivity contribution in [1.29, 1.82) is 0 Å². The Bertz CT molecular complexity index is 1350. The van der Waals surface area contributed by atoms with Gasteiger partial charge in [-0.05, 0) is 24.0 Å². The Hall–Kier alpha value is -3.60. The lowest BCUT2D eigenvalue weighted by molar-refractivity contribution is 0.194. The van der Waals surface area contributed by atoms with E-state index in [0.717, 1.165) is 70.6 Å². The zero-order valence-electron chi connectivity index (χ0n) is 28.2. The van der Waals surface area contributed by atoms with Gasteiger partial charge in [-0.15, -0.1) is 0 Å². The van der Waals surface area contributed by atoms with Crippen molar-refractivity contribution in [2.75, 3.05) is 26.4 Å². The molecule has 0 heterocycles. The summed E-state index contributed by atoms with van der Waals surface area (Å²) in [7, 11) is 0. The van der Waals surface area contributed by atoms with E-state index in [9.17, 15) is 10.2 Å². The number of benzene rings is 4. The molecular weight excluding hydrogens is 580 g/mol. The normalized spacial score (nSPS) is 16.5. The molecule has 4 aromatic rings. The Morgan fingerprint density at radius 2 is 0.787 bits per heavy atom. The molecule has 0 radical (unpaired) electrons. The average molecular weight is 635 g/mol. The molecule has 47 heavy (non-hydrogen) atoms. The van der Waals surface area contributed by atoms with Crippen LogP contribution in [-0.2, 0) is 5.41 Å².